The second-order valence-electron chi connectivity index (χ2n) is 6.90. The molecular weight excluding hydrogens is 328 g/mol. The van der Waals surface area contributed by atoms with Crippen LogP contribution in [0.25, 0.3) is 0 Å². The van der Waals surface area contributed by atoms with E-state index in [2.05, 4.69) is 24.1 Å². The fourth-order valence-electron chi connectivity index (χ4n) is 3.06. The predicted molar refractivity (Wildman–Crippen MR) is 100 cm³/mol. The number of carbonyl (C=O) groups excluding carboxylic acids is 1. The second-order valence-corrected chi connectivity index (χ2v) is 6.90. The van der Waals surface area contributed by atoms with Crippen LogP contribution in [-0.2, 0) is 11.2 Å². The molecule has 0 radical (unpaired) electrons. The van der Waals surface area contributed by atoms with Crippen LogP contribution in [0.1, 0.15) is 43.9 Å². The molecule has 1 amide bonds. The molecular formula is C21H26N2O3. The van der Waals surface area contributed by atoms with Crippen molar-refractivity contribution in [3.8, 4) is 11.5 Å². The lowest BCUT2D eigenvalue weighted by atomic mass is 9.95. The van der Waals surface area contributed by atoms with Crippen molar-refractivity contribution in [2.45, 2.75) is 39.2 Å². The van der Waals surface area contributed by atoms with Gasteiger partial charge in [0, 0.05) is 25.2 Å². The molecule has 138 valence electrons. The van der Waals surface area contributed by atoms with Gasteiger partial charge in [0.1, 0.15) is 0 Å². The van der Waals surface area contributed by atoms with E-state index < -0.39 is 0 Å². The molecule has 0 unspecified atom stereocenters. The molecule has 5 nitrogen and oxygen atoms in total. The minimum Gasteiger partial charge on any atom is -0.490 e. The number of carbonyl (C=O) groups is 1. The lowest BCUT2D eigenvalue weighted by molar-refractivity contribution is -0.122. The summed E-state index contributed by atoms with van der Waals surface area (Å²) in [4.78, 5) is 16.5. The van der Waals surface area contributed by atoms with E-state index in [4.69, 9.17) is 9.47 Å². The summed E-state index contributed by atoms with van der Waals surface area (Å²) in [7, 11) is 0. The quantitative estimate of drug-likeness (QED) is 0.859. The van der Waals surface area contributed by atoms with E-state index in [1.54, 1.807) is 12.4 Å². The van der Waals surface area contributed by atoms with Crippen molar-refractivity contribution in [2.24, 2.45) is 5.92 Å². The van der Waals surface area contributed by atoms with Crippen LogP contribution in [0.2, 0.25) is 0 Å². The zero-order valence-electron chi connectivity index (χ0n) is 15.4. The molecule has 0 fully saturated rings. The van der Waals surface area contributed by atoms with Gasteiger partial charge >= 0.3 is 0 Å². The molecule has 0 bridgehead atoms. The molecule has 1 aromatic carbocycles. The van der Waals surface area contributed by atoms with E-state index in [0.717, 1.165) is 29.0 Å². The Morgan fingerprint density at radius 1 is 1.12 bits per heavy atom. The van der Waals surface area contributed by atoms with Gasteiger partial charge in [0.05, 0.1) is 19.3 Å². The summed E-state index contributed by atoms with van der Waals surface area (Å²) in [6.07, 6.45) is 5.55. The first-order valence-corrected chi connectivity index (χ1v) is 9.21. The van der Waals surface area contributed by atoms with E-state index in [0.29, 0.717) is 26.1 Å². The van der Waals surface area contributed by atoms with Gasteiger partial charge in [0.2, 0.25) is 5.91 Å². The molecule has 1 atom stereocenters. The molecule has 1 aliphatic heterocycles. The Bertz CT molecular complexity index is 731. The van der Waals surface area contributed by atoms with Crippen molar-refractivity contribution in [3.05, 3.63) is 53.9 Å². The van der Waals surface area contributed by atoms with E-state index in [9.17, 15) is 4.79 Å². The van der Waals surface area contributed by atoms with Crippen molar-refractivity contribution in [1.82, 2.24) is 10.3 Å². The van der Waals surface area contributed by atoms with Crippen LogP contribution in [-0.4, -0.2) is 24.1 Å². The Morgan fingerprint density at radius 3 is 2.58 bits per heavy atom. The lowest BCUT2D eigenvalue weighted by Crippen LogP contribution is -2.31. The zero-order chi connectivity index (χ0) is 18.4. The number of amides is 1. The van der Waals surface area contributed by atoms with Gasteiger partial charge in [0.15, 0.2) is 11.5 Å². The third kappa shape index (κ3) is 4.75. The number of hydrogen-bond donors (Lipinski definition) is 1. The highest BCUT2D eigenvalue weighted by Crippen LogP contribution is 2.34. The Labute approximate surface area is 154 Å². The maximum absolute atomic E-state index is 12.5. The normalized spacial score (nSPS) is 14.6. The van der Waals surface area contributed by atoms with E-state index in [-0.39, 0.29) is 17.9 Å². The number of nitrogens with one attached hydrogen (secondary N) is 1. The third-order valence-electron chi connectivity index (χ3n) is 4.50. The van der Waals surface area contributed by atoms with Crippen molar-refractivity contribution in [1.29, 1.82) is 0 Å². The van der Waals surface area contributed by atoms with Crippen LogP contribution in [0.4, 0.5) is 0 Å². The number of aryl methyl sites for hydroxylation is 1. The fourth-order valence-corrected chi connectivity index (χ4v) is 3.06. The van der Waals surface area contributed by atoms with Gasteiger partial charge in [0.25, 0.3) is 0 Å². The minimum absolute atomic E-state index is 0.0487. The smallest absolute Gasteiger partial charge is 0.220 e. The largest absolute Gasteiger partial charge is 0.490 e. The number of nitrogens with zero attached hydrogens (tertiary/aromatic N) is 1. The predicted octanol–water partition coefficient (Wildman–Crippen LogP) is 3.69. The van der Waals surface area contributed by atoms with E-state index in [1.807, 2.05) is 30.3 Å². The van der Waals surface area contributed by atoms with Crippen LogP contribution in [0.5, 0.6) is 11.5 Å². The zero-order valence-corrected chi connectivity index (χ0v) is 15.4. The first-order chi connectivity index (χ1) is 12.6. The Balaban J connectivity index is 1.67. The summed E-state index contributed by atoms with van der Waals surface area (Å²) in [5.74, 6) is 1.85. The summed E-state index contributed by atoms with van der Waals surface area (Å²) < 4.78 is 11.5. The molecule has 5 heteroatoms. The number of pyridine rings is 1. The van der Waals surface area contributed by atoms with E-state index >= 15 is 0 Å². The highest BCUT2D eigenvalue weighted by molar-refractivity contribution is 5.76. The standard InChI is InChI=1S/C21H26N2O3/c1-15(2)21(23-20(24)7-4-16-8-10-22-11-9-16)17-5-6-18-19(14-17)26-13-3-12-25-18/h5-6,8-11,14-15,21H,3-4,7,12-13H2,1-2H3,(H,23,24)/t21-/m1/s1. The number of benzene rings is 1. The molecule has 0 spiro atoms. The molecule has 3 rings (SSSR count). The molecule has 2 heterocycles. The molecule has 0 aliphatic carbocycles. The molecule has 1 N–H and O–H groups in total. The molecule has 1 aromatic heterocycles. The van der Waals surface area contributed by atoms with Crippen molar-refractivity contribution < 1.29 is 14.3 Å². The maximum Gasteiger partial charge on any atom is 0.220 e. The van der Waals surface area contributed by atoms with Gasteiger partial charge in [-0.1, -0.05) is 19.9 Å². The van der Waals surface area contributed by atoms with Crippen molar-refractivity contribution in [3.63, 3.8) is 0 Å². The Morgan fingerprint density at radius 2 is 1.85 bits per heavy atom. The molecule has 0 saturated carbocycles. The lowest BCUT2D eigenvalue weighted by Gasteiger charge is -2.24. The molecule has 2 aromatic rings. The summed E-state index contributed by atoms with van der Waals surface area (Å²) in [6.45, 7) is 5.54. The van der Waals surface area contributed by atoms with Gasteiger partial charge in [-0.3, -0.25) is 9.78 Å². The Hall–Kier alpha value is -2.56. The molecule has 0 saturated heterocycles. The van der Waals surface area contributed by atoms with Crippen LogP contribution in [0.3, 0.4) is 0 Å². The fraction of sp³-hybridized carbons (Fsp3) is 0.429. The number of ether oxygens (including phenoxy) is 2. The second kappa shape index (κ2) is 8.70. The van der Waals surface area contributed by atoms with Gasteiger partial charge in [-0.15, -0.1) is 0 Å². The van der Waals surface area contributed by atoms with Gasteiger partial charge in [-0.25, -0.2) is 0 Å². The van der Waals surface area contributed by atoms with Crippen LogP contribution < -0.4 is 14.8 Å². The Kier molecular flexibility index (Phi) is 6.10. The first kappa shape index (κ1) is 18.2. The van der Waals surface area contributed by atoms with Crippen LogP contribution in [0, 0.1) is 5.92 Å². The van der Waals surface area contributed by atoms with Gasteiger partial charge in [-0.05, 0) is 47.7 Å². The highest BCUT2D eigenvalue weighted by atomic mass is 16.5. The summed E-state index contributed by atoms with van der Waals surface area (Å²) in [6, 6.07) is 9.77. The average Bonchev–Trinajstić information content (AvgIpc) is 2.90. The number of aromatic nitrogens is 1. The highest BCUT2D eigenvalue weighted by Gasteiger charge is 2.21. The summed E-state index contributed by atoms with van der Waals surface area (Å²) in [5.41, 5.74) is 2.16. The third-order valence-corrected chi connectivity index (χ3v) is 4.50. The molecule has 26 heavy (non-hydrogen) atoms. The SMILES string of the molecule is CC(C)[C@@H](NC(=O)CCc1ccncc1)c1ccc2c(c1)OCCCO2. The van der Waals surface area contributed by atoms with Crippen molar-refractivity contribution in [2.75, 3.05) is 13.2 Å². The monoisotopic (exact) mass is 354 g/mol. The van der Waals surface area contributed by atoms with Crippen LogP contribution in [0.15, 0.2) is 42.7 Å². The number of fused-ring (bicyclic) bond motifs is 1. The number of rotatable bonds is 6. The van der Waals surface area contributed by atoms with Crippen LogP contribution >= 0.6 is 0 Å². The number of hydrogen-bond acceptors (Lipinski definition) is 4. The topological polar surface area (TPSA) is 60.5 Å². The van der Waals surface area contributed by atoms with Crippen molar-refractivity contribution >= 4 is 5.91 Å². The average molecular weight is 354 g/mol. The van der Waals surface area contributed by atoms with Gasteiger partial charge in [-0.2, -0.15) is 0 Å². The summed E-state index contributed by atoms with van der Waals surface area (Å²) >= 11 is 0. The van der Waals surface area contributed by atoms with Gasteiger partial charge < -0.3 is 14.8 Å². The maximum atomic E-state index is 12.5. The van der Waals surface area contributed by atoms with E-state index in [1.165, 1.54) is 0 Å². The minimum atomic E-state index is -0.0582. The molecule has 1 aliphatic rings. The first-order valence-electron chi connectivity index (χ1n) is 9.21. The summed E-state index contributed by atoms with van der Waals surface area (Å²) in [5, 5.41) is 3.17.